The van der Waals surface area contributed by atoms with Gasteiger partial charge in [-0.15, -0.1) is 0 Å². The maximum Gasteiger partial charge on any atom is 0.223 e. The van der Waals surface area contributed by atoms with Crippen LogP contribution in [-0.2, 0) is 4.79 Å². The van der Waals surface area contributed by atoms with Gasteiger partial charge < -0.3 is 11.1 Å². The summed E-state index contributed by atoms with van der Waals surface area (Å²) >= 11 is 5.94. The molecule has 1 aromatic carbocycles. The van der Waals surface area contributed by atoms with E-state index in [1.54, 1.807) is 0 Å². The van der Waals surface area contributed by atoms with Gasteiger partial charge in [0.25, 0.3) is 0 Å². The molecule has 0 aliphatic heterocycles. The third kappa shape index (κ3) is 4.36. The SMILES string of the molecule is CC(C)C(=O)NC(CCN)c1cccc(Cl)c1. The van der Waals surface area contributed by atoms with Crippen molar-refractivity contribution in [3.8, 4) is 0 Å². The molecule has 94 valence electrons. The lowest BCUT2D eigenvalue weighted by atomic mass is 10.0. The smallest absolute Gasteiger partial charge is 0.223 e. The van der Waals surface area contributed by atoms with Gasteiger partial charge in [0.2, 0.25) is 5.91 Å². The Morgan fingerprint density at radius 3 is 2.71 bits per heavy atom. The molecule has 1 unspecified atom stereocenters. The zero-order valence-corrected chi connectivity index (χ0v) is 11.0. The molecule has 17 heavy (non-hydrogen) atoms. The summed E-state index contributed by atoms with van der Waals surface area (Å²) in [6.45, 7) is 4.26. The third-order valence-electron chi connectivity index (χ3n) is 2.55. The Bertz CT molecular complexity index is 379. The van der Waals surface area contributed by atoms with Crippen molar-refractivity contribution >= 4 is 17.5 Å². The van der Waals surface area contributed by atoms with Crippen LogP contribution in [0.1, 0.15) is 31.9 Å². The monoisotopic (exact) mass is 254 g/mol. The van der Waals surface area contributed by atoms with Crippen molar-refractivity contribution in [2.45, 2.75) is 26.3 Å². The number of benzene rings is 1. The van der Waals surface area contributed by atoms with Crippen molar-refractivity contribution in [1.82, 2.24) is 5.32 Å². The van der Waals surface area contributed by atoms with Crippen LogP contribution in [0.4, 0.5) is 0 Å². The van der Waals surface area contributed by atoms with Crippen LogP contribution in [-0.4, -0.2) is 12.5 Å². The van der Waals surface area contributed by atoms with E-state index in [0.29, 0.717) is 18.0 Å². The van der Waals surface area contributed by atoms with Gasteiger partial charge in [-0.25, -0.2) is 0 Å². The van der Waals surface area contributed by atoms with E-state index in [0.717, 1.165) is 5.56 Å². The molecule has 1 rings (SSSR count). The second kappa shape index (κ2) is 6.62. The fourth-order valence-electron chi connectivity index (χ4n) is 1.55. The Kier molecular flexibility index (Phi) is 5.45. The number of halogens is 1. The Morgan fingerprint density at radius 1 is 1.47 bits per heavy atom. The summed E-state index contributed by atoms with van der Waals surface area (Å²) in [4.78, 5) is 11.7. The highest BCUT2D eigenvalue weighted by Crippen LogP contribution is 2.20. The summed E-state index contributed by atoms with van der Waals surface area (Å²) in [7, 11) is 0. The first-order valence-electron chi connectivity index (χ1n) is 5.80. The maximum atomic E-state index is 11.7. The van der Waals surface area contributed by atoms with Crippen molar-refractivity contribution in [1.29, 1.82) is 0 Å². The van der Waals surface area contributed by atoms with E-state index < -0.39 is 0 Å². The first kappa shape index (κ1) is 14.0. The Hall–Kier alpha value is -1.06. The maximum absolute atomic E-state index is 11.7. The van der Waals surface area contributed by atoms with Crippen LogP contribution in [0, 0.1) is 5.92 Å². The highest BCUT2D eigenvalue weighted by atomic mass is 35.5. The van der Waals surface area contributed by atoms with Crippen LogP contribution in [0.2, 0.25) is 5.02 Å². The van der Waals surface area contributed by atoms with Crippen LogP contribution in [0.25, 0.3) is 0 Å². The molecule has 3 N–H and O–H groups in total. The average molecular weight is 255 g/mol. The zero-order valence-electron chi connectivity index (χ0n) is 10.2. The topological polar surface area (TPSA) is 55.1 Å². The molecular formula is C13H19ClN2O. The normalized spacial score (nSPS) is 12.5. The molecule has 0 spiro atoms. The van der Waals surface area contributed by atoms with Gasteiger partial charge in [0.15, 0.2) is 0 Å². The van der Waals surface area contributed by atoms with Crippen molar-refractivity contribution in [2.24, 2.45) is 11.7 Å². The number of hydrogen-bond acceptors (Lipinski definition) is 2. The summed E-state index contributed by atoms with van der Waals surface area (Å²) in [6.07, 6.45) is 0.707. The molecule has 0 aliphatic rings. The molecule has 0 saturated heterocycles. The first-order chi connectivity index (χ1) is 8.04. The number of hydrogen-bond donors (Lipinski definition) is 2. The molecular weight excluding hydrogens is 236 g/mol. The van der Waals surface area contributed by atoms with E-state index in [-0.39, 0.29) is 17.9 Å². The number of nitrogens with one attached hydrogen (secondary N) is 1. The lowest BCUT2D eigenvalue weighted by molar-refractivity contribution is -0.124. The molecule has 4 heteroatoms. The standard InChI is InChI=1S/C13H19ClN2O/c1-9(2)13(17)16-12(6-7-15)10-4-3-5-11(14)8-10/h3-5,8-9,12H,6-7,15H2,1-2H3,(H,16,17). The molecule has 0 radical (unpaired) electrons. The van der Waals surface area contributed by atoms with Crippen molar-refractivity contribution < 1.29 is 4.79 Å². The third-order valence-corrected chi connectivity index (χ3v) is 2.78. The quantitative estimate of drug-likeness (QED) is 0.848. The van der Waals surface area contributed by atoms with Crippen molar-refractivity contribution in [3.05, 3.63) is 34.9 Å². The van der Waals surface area contributed by atoms with E-state index in [4.69, 9.17) is 17.3 Å². The number of nitrogens with two attached hydrogens (primary N) is 1. The lowest BCUT2D eigenvalue weighted by Crippen LogP contribution is -2.33. The molecule has 1 amide bonds. The van der Waals surface area contributed by atoms with Gasteiger partial charge in [0, 0.05) is 10.9 Å². The van der Waals surface area contributed by atoms with Gasteiger partial charge in [0.05, 0.1) is 6.04 Å². The van der Waals surface area contributed by atoms with Crippen molar-refractivity contribution in [2.75, 3.05) is 6.54 Å². The number of rotatable bonds is 5. The van der Waals surface area contributed by atoms with Crippen LogP contribution in [0.15, 0.2) is 24.3 Å². The summed E-state index contributed by atoms with van der Waals surface area (Å²) in [5, 5.41) is 3.65. The van der Waals surface area contributed by atoms with Crippen molar-refractivity contribution in [3.63, 3.8) is 0 Å². The first-order valence-corrected chi connectivity index (χ1v) is 6.18. The fraction of sp³-hybridized carbons (Fsp3) is 0.462. The predicted molar refractivity (Wildman–Crippen MR) is 70.8 cm³/mol. The molecule has 0 bridgehead atoms. The van der Waals surface area contributed by atoms with Gasteiger partial charge in [-0.05, 0) is 30.7 Å². The highest BCUT2D eigenvalue weighted by molar-refractivity contribution is 6.30. The summed E-state index contributed by atoms with van der Waals surface area (Å²) in [5.74, 6) is -0.00196. The zero-order chi connectivity index (χ0) is 12.8. The summed E-state index contributed by atoms with van der Waals surface area (Å²) in [5.41, 5.74) is 6.57. The Morgan fingerprint density at radius 2 is 2.18 bits per heavy atom. The second-order valence-corrected chi connectivity index (χ2v) is 4.78. The van der Waals surface area contributed by atoms with Gasteiger partial charge in [-0.3, -0.25) is 4.79 Å². The molecule has 0 aromatic heterocycles. The van der Waals surface area contributed by atoms with E-state index >= 15 is 0 Å². The van der Waals surface area contributed by atoms with E-state index in [1.165, 1.54) is 0 Å². The Balaban J connectivity index is 2.82. The van der Waals surface area contributed by atoms with Gasteiger partial charge >= 0.3 is 0 Å². The van der Waals surface area contributed by atoms with Crippen LogP contribution in [0.5, 0.6) is 0 Å². The molecule has 1 aromatic rings. The van der Waals surface area contributed by atoms with Gasteiger partial charge in [-0.1, -0.05) is 37.6 Å². The number of carbonyl (C=O) groups is 1. The van der Waals surface area contributed by atoms with Gasteiger partial charge in [0.1, 0.15) is 0 Å². The van der Waals surface area contributed by atoms with Crippen LogP contribution in [0.3, 0.4) is 0 Å². The molecule has 0 aliphatic carbocycles. The molecule has 1 atom stereocenters. The Labute approximate surface area is 107 Å². The fourth-order valence-corrected chi connectivity index (χ4v) is 1.75. The van der Waals surface area contributed by atoms with E-state index in [9.17, 15) is 4.79 Å². The molecule has 0 saturated carbocycles. The molecule has 3 nitrogen and oxygen atoms in total. The molecule has 0 heterocycles. The molecule has 0 fully saturated rings. The van der Waals surface area contributed by atoms with Gasteiger partial charge in [-0.2, -0.15) is 0 Å². The minimum absolute atomic E-state index is 0.0309. The summed E-state index contributed by atoms with van der Waals surface area (Å²) < 4.78 is 0. The van der Waals surface area contributed by atoms with Crippen LogP contribution >= 0.6 is 11.6 Å². The number of amides is 1. The van der Waals surface area contributed by atoms with E-state index in [2.05, 4.69) is 5.32 Å². The highest BCUT2D eigenvalue weighted by Gasteiger charge is 2.15. The number of carbonyl (C=O) groups excluding carboxylic acids is 1. The van der Waals surface area contributed by atoms with E-state index in [1.807, 2.05) is 38.1 Å². The van der Waals surface area contributed by atoms with Crippen LogP contribution < -0.4 is 11.1 Å². The second-order valence-electron chi connectivity index (χ2n) is 4.35. The average Bonchev–Trinajstić information content (AvgIpc) is 2.28. The largest absolute Gasteiger partial charge is 0.349 e. The summed E-state index contributed by atoms with van der Waals surface area (Å²) in [6, 6.07) is 7.45. The minimum Gasteiger partial charge on any atom is -0.349 e. The lowest BCUT2D eigenvalue weighted by Gasteiger charge is -2.20. The minimum atomic E-state index is -0.0615. The predicted octanol–water partition coefficient (Wildman–Crippen LogP) is 2.50.